The van der Waals surface area contributed by atoms with Crippen LogP contribution in [0.3, 0.4) is 0 Å². The lowest BCUT2D eigenvalue weighted by Crippen LogP contribution is -2.31. The van der Waals surface area contributed by atoms with Crippen molar-refractivity contribution in [3.63, 3.8) is 0 Å². The van der Waals surface area contributed by atoms with Gasteiger partial charge in [0, 0.05) is 25.3 Å². The van der Waals surface area contributed by atoms with Gasteiger partial charge < -0.3 is 13.8 Å². The zero-order valence-corrected chi connectivity index (χ0v) is 20.7. The van der Waals surface area contributed by atoms with Crippen molar-refractivity contribution in [3.05, 3.63) is 34.9 Å². The smallest absolute Gasteiger partial charge is 0.343 e. The summed E-state index contributed by atoms with van der Waals surface area (Å²) in [6.45, 7) is 16.0. The van der Waals surface area contributed by atoms with Gasteiger partial charge in [-0.3, -0.25) is 9.36 Å². The van der Waals surface area contributed by atoms with Crippen LogP contribution in [0.5, 0.6) is 5.75 Å². The van der Waals surface area contributed by atoms with Crippen LogP contribution in [0.2, 0.25) is 0 Å². The van der Waals surface area contributed by atoms with Gasteiger partial charge in [-0.1, -0.05) is 47.6 Å². The summed E-state index contributed by atoms with van der Waals surface area (Å²) in [6, 6.07) is 4.21. The summed E-state index contributed by atoms with van der Waals surface area (Å²) in [4.78, 5) is 12.9. The molecular formula is C23H37O5P. The van der Waals surface area contributed by atoms with Crippen LogP contribution in [0.25, 0.3) is 6.08 Å². The number of ketones is 1. The molecular weight excluding hydrogens is 387 g/mol. The SMILES string of the molecule is COc1c(C=CC(=O)C(C)(C)P(=O)(OC)OC)cc(C(C)(C)C)cc1C(C)(C)C. The van der Waals surface area contributed by atoms with Crippen molar-refractivity contribution in [1.82, 2.24) is 0 Å². The summed E-state index contributed by atoms with van der Waals surface area (Å²) in [5.74, 6) is 0.388. The molecule has 29 heavy (non-hydrogen) atoms. The Hall–Kier alpha value is -1.42. The molecule has 1 aromatic rings. The second-order valence-corrected chi connectivity index (χ2v) is 12.6. The molecule has 1 rings (SSSR count). The molecule has 6 heteroatoms. The second kappa shape index (κ2) is 8.75. The van der Waals surface area contributed by atoms with Crippen LogP contribution in [-0.4, -0.2) is 32.3 Å². The van der Waals surface area contributed by atoms with Crippen LogP contribution < -0.4 is 4.74 Å². The highest BCUT2D eigenvalue weighted by Crippen LogP contribution is 2.59. The fraction of sp³-hybridized carbons (Fsp3) is 0.609. The van der Waals surface area contributed by atoms with Gasteiger partial charge in [0.15, 0.2) is 5.78 Å². The van der Waals surface area contributed by atoms with Crippen molar-refractivity contribution in [2.75, 3.05) is 21.3 Å². The largest absolute Gasteiger partial charge is 0.496 e. The van der Waals surface area contributed by atoms with Crippen LogP contribution in [0.15, 0.2) is 18.2 Å². The maximum Gasteiger partial charge on any atom is 0.343 e. The molecule has 0 unspecified atom stereocenters. The van der Waals surface area contributed by atoms with Crippen molar-refractivity contribution < 1.29 is 23.1 Å². The number of allylic oxidation sites excluding steroid dienone is 1. The van der Waals surface area contributed by atoms with Gasteiger partial charge in [0.1, 0.15) is 10.9 Å². The molecule has 0 radical (unpaired) electrons. The van der Waals surface area contributed by atoms with E-state index in [1.54, 1.807) is 27.0 Å². The Morgan fingerprint density at radius 2 is 1.41 bits per heavy atom. The van der Waals surface area contributed by atoms with Crippen LogP contribution in [-0.2, 0) is 29.2 Å². The Morgan fingerprint density at radius 3 is 1.79 bits per heavy atom. The van der Waals surface area contributed by atoms with Crippen LogP contribution in [0.4, 0.5) is 0 Å². The van der Waals surface area contributed by atoms with Gasteiger partial charge in [-0.25, -0.2) is 0 Å². The van der Waals surface area contributed by atoms with E-state index in [9.17, 15) is 9.36 Å². The predicted molar refractivity (Wildman–Crippen MR) is 120 cm³/mol. The number of hydrogen-bond acceptors (Lipinski definition) is 5. The molecule has 0 saturated heterocycles. The number of methoxy groups -OCH3 is 1. The molecule has 0 bridgehead atoms. The Bertz CT molecular complexity index is 815. The molecule has 1 aromatic carbocycles. The third kappa shape index (κ3) is 5.39. The van der Waals surface area contributed by atoms with E-state index in [4.69, 9.17) is 13.8 Å². The first kappa shape index (κ1) is 25.6. The Balaban J connectivity index is 3.58. The highest BCUT2D eigenvalue weighted by atomic mass is 31.2. The molecule has 0 atom stereocenters. The highest BCUT2D eigenvalue weighted by molar-refractivity contribution is 7.56. The maximum absolute atomic E-state index is 12.9. The third-order valence-corrected chi connectivity index (χ3v) is 7.73. The monoisotopic (exact) mass is 424 g/mol. The first-order valence-electron chi connectivity index (χ1n) is 9.72. The summed E-state index contributed by atoms with van der Waals surface area (Å²) >= 11 is 0. The van der Waals surface area contributed by atoms with E-state index in [0.29, 0.717) is 0 Å². The fourth-order valence-electron chi connectivity index (χ4n) is 3.03. The van der Waals surface area contributed by atoms with Gasteiger partial charge in [0.25, 0.3) is 0 Å². The summed E-state index contributed by atoms with van der Waals surface area (Å²) in [5, 5.41) is -1.31. The number of hydrogen-bond donors (Lipinski definition) is 0. The molecule has 164 valence electrons. The molecule has 0 aliphatic heterocycles. The number of carbonyl (C=O) groups excluding carboxylic acids is 1. The molecule has 0 spiro atoms. The molecule has 5 nitrogen and oxygen atoms in total. The van der Waals surface area contributed by atoms with Gasteiger partial charge in [0.05, 0.1) is 7.11 Å². The minimum absolute atomic E-state index is 0.0695. The van der Waals surface area contributed by atoms with E-state index in [1.807, 2.05) is 6.07 Å². The minimum atomic E-state index is -3.58. The third-order valence-electron chi connectivity index (χ3n) is 5.18. The lowest BCUT2D eigenvalue weighted by atomic mass is 9.79. The van der Waals surface area contributed by atoms with Crippen LogP contribution >= 0.6 is 7.60 Å². The summed E-state index contributed by atoms with van der Waals surface area (Å²) in [7, 11) is 0.621. The zero-order valence-electron chi connectivity index (χ0n) is 19.8. The lowest BCUT2D eigenvalue weighted by Gasteiger charge is -2.29. The van der Waals surface area contributed by atoms with Gasteiger partial charge in [-0.15, -0.1) is 0 Å². The fourth-order valence-corrected chi connectivity index (χ4v) is 4.43. The van der Waals surface area contributed by atoms with Crippen molar-refractivity contribution in [1.29, 1.82) is 0 Å². The van der Waals surface area contributed by atoms with E-state index in [-0.39, 0.29) is 16.6 Å². The van der Waals surface area contributed by atoms with E-state index in [2.05, 4.69) is 47.6 Å². The van der Waals surface area contributed by atoms with Crippen molar-refractivity contribution in [2.24, 2.45) is 0 Å². The van der Waals surface area contributed by atoms with E-state index < -0.39 is 12.8 Å². The number of carbonyl (C=O) groups is 1. The number of ether oxygens (including phenoxy) is 1. The normalized spacial score (nSPS) is 13.8. The van der Waals surface area contributed by atoms with Crippen LogP contribution in [0.1, 0.15) is 72.1 Å². The van der Waals surface area contributed by atoms with E-state index in [1.165, 1.54) is 20.3 Å². The molecule has 0 N–H and O–H groups in total. The van der Waals surface area contributed by atoms with Crippen molar-refractivity contribution in [3.8, 4) is 5.75 Å². The maximum atomic E-state index is 12.9. The molecule has 0 amide bonds. The standard InChI is InChI=1S/C23H37O5P/c1-21(2,3)17-14-16(20(26-9)18(15-17)22(4,5)6)12-13-19(24)23(7,8)29(25,27-10)28-11/h12-15H,1-11H3. The molecule has 0 aliphatic rings. The van der Waals surface area contributed by atoms with E-state index in [0.717, 1.165) is 22.4 Å². The van der Waals surface area contributed by atoms with Crippen molar-refractivity contribution in [2.45, 2.75) is 71.4 Å². The first-order chi connectivity index (χ1) is 13.0. The quantitative estimate of drug-likeness (QED) is 0.389. The van der Waals surface area contributed by atoms with Crippen molar-refractivity contribution >= 4 is 19.5 Å². The predicted octanol–water partition coefficient (Wildman–Crippen LogP) is 6.14. The number of benzene rings is 1. The Labute approximate surface area is 176 Å². The lowest BCUT2D eigenvalue weighted by molar-refractivity contribution is -0.116. The topological polar surface area (TPSA) is 61.8 Å². The van der Waals surface area contributed by atoms with Gasteiger partial charge in [0.2, 0.25) is 0 Å². The molecule has 0 fully saturated rings. The van der Waals surface area contributed by atoms with E-state index >= 15 is 0 Å². The second-order valence-electron chi connectivity index (χ2n) is 9.77. The van der Waals surface area contributed by atoms with Crippen LogP contribution in [0, 0.1) is 0 Å². The molecule has 0 saturated carbocycles. The Kier molecular flexibility index (Phi) is 7.73. The Morgan fingerprint density at radius 1 is 0.897 bits per heavy atom. The molecule has 0 aliphatic carbocycles. The highest BCUT2D eigenvalue weighted by Gasteiger charge is 2.47. The van der Waals surface area contributed by atoms with Gasteiger partial charge in [-0.05, 0) is 48.5 Å². The summed E-state index contributed by atoms with van der Waals surface area (Å²) < 4.78 is 28.6. The average molecular weight is 425 g/mol. The summed E-state index contributed by atoms with van der Waals surface area (Å²) in [5.41, 5.74) is 2.81. The number of rotatable bonds is 7. The van der Waals surface area contributed by atoms with Gasteiger partial charge >= 0.3 is 7.60 Å². The minimum Gasteiger partial charge on any atom is -0.496 e. The summed E-state index contributed by atoms with van der Waals surface area (Å²) in [6.07, 6.45) is 3.16. The van der Waals surface area contributed by atoms with Gasteiger partial charge in [-0.2, -0.15) is 0 Å². The molecule has 0 aromatic heterocycles. The zero-order chi connectivity index (χ0) is 22.8. The first-order valence-corrected chi connectivity index (χ1v) is 11.3. The average Bonchev–Trinajstić information content (AvgIpc) is 2.62. The molecule has 0 heterocycles.